The summed E-state index contributed by atoms with van der Waals surface area (Å²) in [5.74, 6) is 0.136. The molecule has 3 aromatic heterocycles. The lowest BCUT2D eigenvalue weighted by Gasteiger charge is -2.26. The summed E-state index contributed by atoms with van der Waals surface area (Å²) in [6.45, 7) is 3.31. The molecule has 0 radical (unpaired) electrons. The van der Waals surface area contributed by atoms with E-state index in [-0.39, 0.29) is 7.33 Å². The van der Waals surface area contributed by atoms with Crippen LogP contribution in [0.3, 0.4) is 0 Å². The zero-order valence-electron chi connectivity index (χ0n) is 12.0. The van der Waals surface area contributed by atoms with E-state index >= 15 is 0 Å². The van der Waals surface area contributed by atoms with E-state index in [1.165, 1.54) is 0 Å². The zero-order chi connectivity index (χ0) is 14.9. The van der Waals surface area contributed by atoms with Crippen LogP contribution in [-0.2, 0) is 0 Å². The molecule has 6 heteroatoms. The van der Waals surface area contributed by atoms with E-state index in [1.54, 1.807) is 17.5 Å². The number of aromatic nitrogens is 2. The lowest BCUT2D eigenvalue weighted by atomic mass is 10.1. The summed E-state index contributed by atoms with van der Waals surface area (Å²) in [6, 6.07) is 7.99. The average molecular weight is 314 g/mol. The maximum Gasteiger partial charge on any atom is 0.264 e. The average Bonchev–Trinajstić information content (AvgIpc) is 3.24. The van der Waals surface area contributed by atoms with Crippen molar-refractivity contribution < 1.29 is 6.22 Å². The first kappa shape index (κ1) is 13.5. The lowest BCUT2D eigenvalue weighted by molar-refractivity contribution is 0.0740. The van der Waals surface area contributed by atoms with Crippen molar-refractivity contribution in [2.45, 2.75) is 0 Å². The smallest absolute Gasteiger partial charge is 0.264 e. The Morgan fingerprint density at radius 1 is 1.23 bits per heavy atom. The first-order chi connectivity index (χ1) is 10.8. The molecule has 1 fully saturated rings. The predicted molar refractivity (Wildman–Crippen MR) is 90.3 cm³/mol. The third-order valence-electron chi connectivity index (χ3n) is 3.95. The number of nitrogens with one attached hydrogen (secondary N) is 2. The summed E-state index contributed by atoms with van der Waals surface area (Å²) >= 11 is 1.55. The molecule has 1 aliphatic rings. The Kier molecular flexibility index (Phi) is 3.40. The highest BCUT2D eigenvalue weighted by molar-refractivity contribution is 7.17. The topological polar surface area (TPSA) is 61.0 Å². The van der Waals surface area contributed by atoms with Crippen LogP contribution in [0.25, 0.3) is 21.5 Å². The molecule has 0 aliphatic carbocycles. The van der Waals surface area contributed by atoms with Gasteiger partial charge in [-0.3, -0.25) is 4.79 Å². The summed E-state index contributed by atoms with van der Waals surface area (Å²) in [4.78, 5) is 23.8. The molecule has 3 aromatic rings. The van der Waals surface area contributed by atoms with Crippen molar-refractivity contribution in [1.82, 2.24) is 20.2 Å². The number of amides is 1. The van der Waals surface area contributed by atoms with Crippen LogP contribution in [0.1, 0.15) is 11.1 Å². The molecule has 1 saturated heterocycles. The molecular formula is C16H18N4OS. The van der Waals surface area contributed by atoms with Gasteiger partial charge in [-0.15, -0.1) is 11.3 Å². The minimum absolute atomic E-state index is 0. The standard InChI is InChI=1S/C16H16N4OS.H2/c21-16(20-9-7-17-8-10-20)14-2-1-13(22-14)11-3-5-18-15-12(11)4-6-19-15;/h1-6,17H,7-10H2,(H,18,19);1H. The molecular weight excluding hydrogens is 296 g/mol. The highest BCUT2D eigenvalue weighted by Crippen LogP contribution is 2.33. The van der Waals surface area contributed by atoms with Gasteiger partial charge in [-0.2, -0.15) is 0 Å². The van der Waals surface area contributed by atoms with Crippen molar-refractivity contribution >= 4 is 28.3 Å². The monoisotopic (exact) mass is 314 g/mol. The normalized spacial score (nSPS) is 15.4. The fourth-order valence-electron chi connectivity index (χ4n) is 2.80. The van der Waals surface area contributed by atoms with E-state index in [9.17, 15) is 4.79 Å². The van der Waals surface area contributed by atoms with Crippen molar-refractivity contribution in [3.63, 3.8) is 0 Å². The van der Waals surface area contributed by atoms with Crippen LogP contribution >= 0.6 is 11.3 Å². The van der Waals surface area contributed by atoms with Gasteiger partial charge in [-0.25, -0.2) is 4.98 Å². The molecule has 0 saturated carbocycles. The van der Waals surface area contributed by atoms with Gasteiger partial charge < -0.3 is 15.2 Å². The summed E-state index contributed by atoms with van der Waals surface area (Å²) < 4.78 is 0. The van der Waals surface area contributed by atoms with Gasteiger partial charge in [0, 0.05) is 55.8 Å². The summed E-state index contributed by atoms with van der Waals surface area (Å²) in [7, 11) is 0. The number of hydrogen-bond acceptors (Lipinski definition) is 4. The first-order valence-electron chi connectivity index (χ1n) is 7.35. The number of aromatic amines is 1. The number of thiophene rings is 1. The quantitative estimate of drug-likeness (QED) is 0.764. The Bertz CT molecular complexity index is 822. The number of fused-ring (bicyclic) bond motifs is 1. The van der Waals surface area contributed by atoms with Gasteiger partial charge in [0.15, 0.2) is 0 Å². The van der Waals surface area contributed by atoms with Crippen molar-refractivity contribution in [3.05, 3.63) is 41.5 Å². The van der Waals surface area contributed by atoms with Crippen LogP contribution in [0.4, 0.5) is 0 Å². The minimum Gasteiger partial charge on any atom is -0.346 e. The second kappa shape index (κ2) is 5.55. The molecule has 114 valence electrons. The number of rotatable bonds is 2. The molecule has 1 amide bonds. The lowest BCUT2D eigenvalue weighted by Crippen LogP contribution is -2.46. The summed E-state index contributed by atoms with van der Waals surface area (Å²) in [5.41, 5.74) is 2.00. The van der Waals surface area contributed by atoms with Gasteiger partial charge in [0.05, 0.1) is 4.88 Å². The Balaban J connectivity index is 0.00000156. The van der Waals surface area contributed by atoms with Crippen LogP contribution in [0, 0.1) is 0 Å². The number of carbonyl (C=O) groups is 1. The first-order valence-corrected chi connectivity index (χ1v) is 8.17. The second-order valence-electron chi connectivity index (χ2n) is 5.30. The molecule has 0 bridgehead atoms. The Morgan fingerprint density at radius 3 is 2.95 bits per heavy atom. The van der Waals surface area contributed by atoms with Crippen LogP contribution in [0.2, 0.25) is 0 Å². The minimum atomic E-state index is 0. The van der Waals surface area contributed by atoms with E-state index in [0.717, 1.165) is 52.5 Å². The third kappa shape index (κ3) is 2.30. The number of piperazine rings is 1. The summed E-state index contributed by atoms with van der Waals surface area (Å²) in [6.07, 6.45) is 3.69. The highest BCUT2D eigenvalue weighted by atomic mass is 32.1. The molecule has 0 unspecified atom stereocenters. The molecule has 5 nitrogen and oxygen atoms in total. The zero-order valence-corrected chi connectivity index (χ0v) is 12.8. The van der Waals surface area contributed by atoms with Crippen LogP contribution < -0.4 is 5.32 Å². The maximum absolute atomic E-state index is 12.5. The van der Waals surface area contributed by atoms with E-state index in [2.05, 4.69) is 15.3 Å². The SMILES string of the molecule is O=C(c1ccc(-c2ccnc3[nH]ccc23)s1)N1CCNCC1.[HH]. The largest absolute Gasteiger partial charge is 0.346 e. The molecule has 0 spiro atoms. The predicted octanol–water partition coefficient (Wildman–Crippen LogP) is 2.58. The van der Waals surface area contributed by atoms with Crippen LogP contribution in [0.5, 0.6) is 0 Å². The van der Waals surface area contributed by atoms with E-state index in [1.807, 2.05) is 35.4 Å². The maximum atomic E-state index is 12.5. The van der Waals surface area contributed by atoms with Gasteiger partial charge in [0.25, 0.3) is 5.91 Å². The molecule has 4 heterocycles. The molecule has 0 aromatic carbocycles. The van der Waals surface area contributed by atoms with Crippen molar-refractivity contribution in [1.29, 1.82) is 0 Å². The van der Waals surface area contributed by atoms with Gasteiger partial charge >= 0.3 is 0 Å². The van der Waals surface area contributed by atoms with Gasteiger partial charge in [0.2, 0.25) is 0 Å². The Labute approximate surface area is 133 Å². The van der Waals surface area contributed by atoms with Crippen molar-refractivity contribution in [3.8, 4) is 10.4 Å². The second-order valence-corrected chi connectivity index (χ2v) is 6.39. The van der Waals surface area contributed by atoms with Gasteiger partial charge in [-0.1, -0.05) is 0 Å². The van der Waals surface area contributed by atoms with Crippen molar-refractivity contribution in [2.24, 2.45) is 0 Å². The number of carbonyl (C=O) groups excluding carboxylic acids is 1. The van der Waals surface area contributed by atoms with Crippen LogP contribution in [0.15, 0.2) is 36.7 Å². The van der Waals surface area contributed by atoms with Crippen LogP contribution in [-0.4, -0.2) is 47.0 Å². The van der Waals surface area contributed by atoms with Crippen molar-refractivity contribution in [2.75, 3.05) is 26.2 Å². The number of H-pyrrole nitrogens is 1. The van der Waals surface area contributed by atoms with E-state index < -0.39 is 0 Å². The molecule has 22 heavy (non-hydrogen) atoms. The third-order valence-corrected chi connectivity index (χ3v) is 5.05. The number of pyridine rings is 1. The fourth-order valence-corrected chi connectivity index (χ4v) is 3.81. The van der Waals surface area contributed by atoms with E-state index in [4.69, 9.17) is 0 Å². The Hall–Kier alpha value is -2.18. The molecule has 0 atom stereocenters. The fraction of sp³-hybridized carbons (Fsp3) is 0.250. The van der Waals surface area contributed by atoms with Gasteiger partial charge in [0.1, 0.15) is 5.65 Å². The highest BCUT2D eigenvalue weighted by Gasteiger charge is 2.20. The van der Waals surface area contributed by atoms with Gasteiger partial charge in [-0.05, 0) is 24.3 Å². The molecule has 4 rings (SSSR count). The molecule has 1 aliphatic heterocycles. The Morgan fingerprint density at radius 2 is 2.09 bits per heavy atom. The molecule has 2 N–H and O–H groups in total. The summed E-state index contributed by atoms with van der Waals surface area (Å²) in [5, 5.41) is 4.36. The van der Waals surface area contributed by atoms with E-state index in [0.29, 0.717) is 0 Å². The number of nitrogens with zero attached hydrogens (tertiary/aromatic N) is 2. The number of hydrogen-bond donors (Lipinski definition) is 2.